The van der Waals surface area contributed by atoms with Gasteiger partial charge in [0.2, 0.25) is 0 Å². The number of nitrogens with zero attached hydrogens (tertiary/aromatic N) is 3. The van der Waals surface area contributed by atoms with Crippen molar-refractivity contribution in [3.8, 4) is 0 Å². The predicted molar refractivity (Wildman–Crippen MR) is 69.4 cm³/mol. The van der Waals surface area contributed by atoms with Crippen LogP contribution in [0.2, 0.25) is 0 Å². The van der Waals surface area contributed by atoms with E-state index in [-0.39, 0.29) is 5.56 Å². The summed E-state index contributed by atoms with van der Waals surface area (Å²) in [5.41, 5.74) is -0.396. The minimum atomic E-state index is -1.06. The summed E-state index contributed by atoms with van der Waals surface area (Å²) >= 11 is 0. The van der Waals surface area contributed by atoms with Crippen LogP contribution in [0.1, 0.15) is 30.6 Å². The SMILES string of the molecule is CC(C)(O)CCNc1ccn2ncc(C(=O)O)c2n1. The first kappa shape index (κ1) is 13.3. The van der Waals surface area contributed by atoms with E-state index in [4.69, 9.17) is 5.11 Å². The fraction of sp³-hybridized carbons (Fsp3) is 0.417. The number of aromatic carboxylic acids is 1. The standard InChI is InChI=1S/C12H16N4O3/c1-12(2,19)4-5-13-9-3-6-16-10(15-9)8(7-14-16)11(17)18/h3,6-7,19H,4-5H2,1-2H3,(H,13,15)(H,17,18). The van der Waals surface area contributed by atoms with Crippen LogP contribution in [0.15, 0.2) is 18.5 Å². The lowest BCUT2D eigenvalue weighted by molar-refractivity contribution is 0.0697. The van der Waals surface area contributed by atoms with E-state index in [9.17, 15) is 9.90 Å². The maximum Gasteiger partial charge on any atom is 0.341 e. The Labute approximate surface area is 109 Å². The molecule has 3 N–H and O–H groups in total. The van der Waals surface area contributed by atoms with Gasteiger partial charge in [-0.15, -0.1) is 0 Å². The van der Waals surface area contributed by atoms with E-state index in [1.54, 1.807) is 26.1 Å². The molecule has 2 rings (SSSR count). The zero-order chi connectivity index (χ0) is 14.0. The highest BCUT2D eigenvalue weighted by atomic mass is 16.4. The molecule has 0 saturated carbocycles. The molecule has 0 radical (unpaired) electrons. The lowest BCUT2D eigenvalue weighted by Crippen LogP contribution is -2.22. The molecule has 0 aliphatic heterocycles. The fourth-order valence-corrected chi connectivity index (χ4v) is 1.61. The number of hydrogen-bond acceptors (Lipinski definition) is 5. The molecule has 0 saturated heterocycles. The first-order valence-corrected chi connectivity index (χ1v) is 5.91. The van der Waals surface area contributed by atoms with Gasteiger partial charge in [0.15, 0.2) is 5.65 Å². The molecular weight excluding hydrogens is 248 g/mol. The molecule has 0 amide bonds. The van der Waals surface area contributed by atoms with Gasteiger partial charge in [-0.25, -0.2) is 14.3 Å². The van der Waals surface area contributed by atoms with Gasteiger partial charge in [0.1, 0.15) is 11.4 Å². The van der Waals surface area contributed by atoms with E-state index < -0.39 is 11.6 Å². The first-order chi connectivity index (χ1) is 8.87. The average Bonchev–Trinajstić information content (AvgIpc) is 2.70. The molecule has 0 bridgehead atoms. The predicted octanol–water partition coefficient (Wildman–Crippen LogP) is 1.00. The highest BCUT2D eigenvalue weighted by molar-refractivity contribution is 5.94. The highest BCUT2D eigenvalue weighted by Gasteiger charge is 2.14. The minimum absolute atomic E-state index is 0.0612. The second kappa shape index (κ2) is 4.85. The summed E-state index contributed by atoms with van der Waals surface area (Å²) in [6.45, 7) is 4.00. The van der Waals surface area contributed by atoms with E-state index in [2.05, 4.69) is 15.4 Å². The van der Waals surface area contributed by atoms with Crippen LogP contribution >= 0.6 is 0 Å². The second-order valence-electron chi connectivity index (χ2n) is 4.93. The third-order valence-corrected chi connectivity index (χ3v) is 2.64. The Morgan fingerprint density at radius 2 is 2.26 bits per heavy atom. The Morgan fingerprint density at radius 1 is 1.53 bits per heavy atom. The van der Waals surface area contributed by atoms with Crippen LogP contribution in [0.25, 0.3) is 5.65 Å². The van der Waals surface area contributed by atoms with Crippen molar-refractivity contribution in [2.45, 2.75) is 25.9 Å². The Bertz CT molecular complexity index is 601. The molecule has 0 aliphatic rings. The van der Waals surface area contributed by atoms with Gasteiger partial charge in [-0.1, -0.05) is 0 Å². The molecular formula is C12H16N4O3. The van der Waals surface area contributed by atoms with Crippen molar-refractivity contribution in [1.29, 1.82) is 0 Å². The van der Waals surface area contributed by atoms with Gasteiger partial charge in [0.25, 0.3) is 0 Å². The van der Waals surface area contributed by atoms with Crippen LogP contribution in [-0.4, -0.2) is 42.9 Å². The van der Waals surface area contributed by atoms with Crippen molar-refractivity contribution in [3.63, 3.8) is 0 Å². The number of rotatable bonds is 5. The van der Waals surface area contributed by atoms with Crippen molar-refractivity contribution >= 4 is 17.4 Å². The van der Waals surface area contributed by atoms with Gasteiger partial charge < -0.3 is 15.5 Å². The molecule has 2 aromatic rings. The van der Waals surface area contributed by atoms with E-state index >= 15 is 0 Å². The molecule has 0 atom stereocenters. The molecule has 102 valence electrons. The molecule has 19 heavy (non-hydrogen) atoms. The number of carbonyl (C=O) groups is 1. The van der Waals surface area contributed by atoms with Crippen molar-refractivity contribution < 1.29 is 15.0 Å². The number of aliphatic hydroxyl groups is 1. The van der Waals surface area contributed by atoms with E-state index in [1.807, 2.05) is 0 Å². The van der Waals surface area contributed by atoms with Crippen molar-refractivity contribution in [1.82, 2.24) is 14.6 Å². The molecule has 0 spiro atoms. The summed E-state index contributed by atoms with van der Waals surface area (Å²) < 4.78 is 1.41. The summed E-state index contributed by atoms with van der Waals surface area (Å²) in [6, 6.07) is 1.70. The van der Waals surface area contributed by atoms with Crippen LogP contribution in [0.3, 0.4) is 0 Å². The summed E-state index contributed by atoms with van der Waals surface area (Å²) in [7, 11) is 0. The van der Waals surface area contributed by atoms with Crippen LogP contribution in [0, 0.1) is 0 Å². The number of nitrogens with one attached hydrogen (secondary N) is 1. The molecule has 2 aromatic heterocycles. The van der Waals surface area contributed by atoms with Crippen molar-refractivity contribution in [2.75, 3.05) is 11.9 Å². The van der Waals surface area contributed by atoms with Crippen LogP contribution in [0.5, 0.6) is 0 Å². The summed E-state index contributed by atoms with van der Waals surface area (Å²) in [5, 5.41) is 25.5. The number of carboxylic acids is 1. The lowest BCUT2D eigenvalue weighted by Gasteiger charge is -2.17. The molecule has 0 fully saturated rings. The van der Waals surface area contributed by atoms with Crippen LogP contribution in [-0.2, 0) is 0 Å². The first-order valence-electron chi connectivity index (χ1n) is 5.91. The zero-order valence-electron chi connectivity index (χ0n) is 10.8. The van der Waals surface area contributed by atoms with Crippen molar-refractivity contribution in [2.24, 2.45) is 0 Å². The number of aromatic nitrogens is 3. The minimum Gasteiger partial charge on any atom is -0.477 e. The van der Waals surface area contributed by atoms with Gasteiger partial charge in [-0.05, 0) is 26.3 Å². The van der Waals surface area contributed by atoms with Crippen LogP contribution in [0.4, 0.5) is 5.82 Å². The molecule has 0 unspecified atom stereocenters. The van der Waals surface area contributed by atoms with E-state index in [0.29, 0.717) is 24.4 Å². The highest BCUT2D eigenvalue weighted by Crippen LogP contribution is 2.12. The van der Waals surface area contributed by atoms with Gasteiger partial charge in [0, 0.05) is 12.7 Å². The molecule has 7 nitrogen and oxygen atoms in total. The quantitative estimate of drug-likeness (QED) is 0.745. The topological polar surface area (TPSA) is 99.8 Å². The van der Waals surface area contributed by atoms with Gasteiger partial charge >= 0.3 is 5.97 Å². The number of carboxylic acid groups (broad SMARTS) is 1. The van der Waals surface area contributed by atoms with E-state index in [1.165, 1.54) is 10.7 Å². The normalized spacial score (nSPS) is 11.7. The largest absolute Gasteiger partial charge is 0.477 e. The Hall–Kier alpha value is -2.15. The van der Waals surface area contributed by atoms with Gasteiger partial charge in [-0.2, -0.15) is 5.10 Å². The van der Waals surface area contributed by atoms with Gasteiger partial charge in [-0.3, -0.25) is 0 Å². The Balaban J connectivity index is 2.16. The smallest absolute Gasteiger partial charge is 0.341 e. The summed E-state index contributed by atoms with van der Waals surface area (Å²) in [6.07, 6.45) is 3.47. The lowest BCUT2D eigenvalue weighted by atomic mass is 10.1. The molecule has 7 heteroatoms. The van der Waals surface area contributed by atoms with Gasteiger partial charge in [0.05, 0.1) is 11.8 Å². The second-order valence-corrected chi connectivity index (χ2v) is 4.93. The zero-order valence-corrected chi connectivity index (χ0v) is 10.8. The Morgan fingerprint density at radius 3 is 2.89 bits per heavy atom. The number of anilines is 1. The monoisotopic (exact) mass is 264 g/mol. The maximum atomic E-state index is 11.0. The molecule has 0 aromatic carbocycles. The van der Waals surface area contributed by atoms with Crippen LogP contribution < -0.4 is 5.32 Å². The summed E-state index contributed by atoms with van der Waals surface area (Å²) in [4.78, 5) is 15.2. The average molecular weight is 264 g/mol. The molecule has 0 aliphatic carbocycles. The third-order valence-electron chi connectivity index (χ3n) is 2.64. The maximum absolute atomic E-state index is 11.0. The Kier molecular flexibility index (Phi) is 3.39. The summed E-state index contributed by atoms with van der Waals surface area (Å²) in [5.74, 6) is -0.504. The molecule has 2 heterocycles. The fourth-order valence-electron chi connectivity index (χ4n) is 1.61. The third kappa shape index (κ3) is 3.19. The number of fused-ring (bicyclic) bond motifs is 1. The van der Waals surface area contributed by atoms with E-state index in [0.717, 1.165) is 0 Å². The number of hydrogen-bond donors (Lipinski definition) is 3. The van der Waals surface area contributed by atoms with Crippen molar-refractivity contribution in [3.05, 3.63) is 24.0 Å².